The van der Waals surface area contributed by atoms with E-state index >= 15 is 0 Å². The van der Waals surface area contributed by atoms with Gasteiger partial charge in [-0.25, -0.2) is 14.6 Å². The largest absolute Gasteiger partial charge is 0.448 e. The van der Waals surface area contributed by atoms with Gasteiger partial charge in [-0.05, 0) is 25.1 Å². The highest BCUT2D eigenvalue weighted by molar-refractivity contribution is 7.15. The minimum Gasteiger partial charge on any atom is -0.448 e. The van der Waals surface area contributed by atoms with Gasteiger partial charge in [0.2, 0.25) is 0 Å². The topological polar surface area (TPSA) is 121 Å². The van der Waals surface area contributed by atoms with Gasteiger partial charge in [-0.3, -0.25) is 9.20 Å². The van der Waals surface area contributed by atoms with Gasteiger partial charge in [0.25, 0.3) is 5.91 Å². The lowest BCUT2D eigenvalue weighted by Gasteiger charge is -2.13. The summed E-state index contributed by atoms with van der Waals surface area (Å²) in [5, 5.41) is 4.41. The van der Waals surface area contributed by atoms with Crippen molar-refractivity contribution < 1.29 is 14.3 Å². The maximum absolute atomic E-state index is 12.4. The van der Waals surface area contributed by atoms with E-state index in [-0.39, 0.29) is 16.5 Å². The molecule has 1 aromatic carbocycles. The number of esters is 1. The SMILES string of the molecule is C[C@H](OC(=O)c1c(Cl)nc2sccn12)C(=O)Nc1ccc2[nH]c(=O)[nH]c2c1. The van der Waals surface area contributed by atoms with Crippen molar-refractivity contribution >= 4 is 56.5 Å². The van der Waals surface area contributed by atoms with E-state index in [0.29, 0.717) is 21.7 Å². The fourth-order valence-corrected chi connectivity index (χ4v) is 3.58. The lowest BCUT2D eigenvalue weighted by Crippen LogP contribution is -2.30. The lowest BCUT2D eigenvalue weighted by atomic mass is 10.2. The van der Waals surface area contributed by atoms with E-state index in [1.165, 1.54) is 22.7 Å². The molecule has 0 saturated carbocycles. The van der Waals surface area contributed by atoms with Crippen LogP contribution in [0.5, 0.6) is 0 Å². The van der Waals surface area contributed by atoms with Crippen LogP contribution in [-0.2, 0) is 9.53 Å². The molecule has 0 fully saturated rings. The van der Waals surface area contributed by atoms with Crippen LogP contribution in [0, 0.1) is 0 Å². The first-order valence-corrected chi connectivity index (χ1v) is 9.03. The van der Waals surface area contributed by atoms with Crippen LogP contribution in [-0.4, -0.2) is 37.3 Å². The number of carbonyl (C=O) groups excluding carboxylic acids is 2. The average Bonchev–Trinajstić information content (AvgIpc) is 3.27. The Bertz CT molecular complexity index is 1240. The Morgan fingerprint density at radius 2 is 2.11 bits per heavy atom. The molecule has 0 unspecified atom stereocenters. The van der Waals surface area contributed by atoms with Crippen LogP contribution in [0.3, 0.4) is 0 Å². The molecule has 0 radical (unpaired) electrons. The molecule has 0 saturated heterocycles. The third-order valence-corrected chi connectivity index (χ3v) is 4.87. The molecule has 0 aliphatic carbocycles. The van der Waals surface area contributed by atoms with E-state index in [9.17, 15) is 14.4 Å². The van der Waals surface area contributed by atoms with Crippen molar-refractivity contribution in [3.63, 3.8) is 0 Å². The zero-order valence-corrected chi connectivity index (χ0v) is 15.4. The van der Waals surface area contributed by atoms with Crippen LogP contribution in [0.4, 0.5) is 5.69 Å². The van der Waals surface area contributed by atoms with Gasteiger partial charge in [-0.15, -0.1) is 11.3 Å². The molecule has 0 spiro atoms. The molecule has 4 aromatic rings. The standard InChI is InChI=1S/C16H12ClN5O4S/c1-7(26-14(24)11-12(17)21-16-22(11)4-5-27-16)13(23)18-8-2-3-9-10(6-8)20-15(25)19-9/h2-7H,1H3,(H,18,23)(H2,19,20,25)/t7-/m0/s1. The number of ether oxygens (including phenoxy) is 1. The number of nitrogens with zero attached hydrogens (tertiary/aromatic N) is 2. The van der Waals surface area contributed by atoms with E-state index in [1.54, 1.807) is 29.8 Å². The van der Waals surface area contributed by atoms with Crippen molar-refractivity contribution in [2.75, 3.05) is 5.32 Å². The zero-order chi connectivity index (χ0) is 19.1. The molecule has 0 aliphatic heterocycles. The zero-order valence-electron chi connectivity index (χ0n) is 13.8. The third kappa shape index (κ3) is 3.20. The summed E-state index contributed by atoms with van der Waals surface area (Å²) < 4.78 is 6.73. The van der Waals surface area contributed by atoms with Crippen molar-refractivity contribution in [2.45, 2.75) is 13.0 Å². The first-order chi connectivity index (χ1) is 12.9. The van der Waals surface area contributed by atoms with Gasteiger partial charge in [-0.2, -0.15) is 0 Å². The number of nitrogens with one attached hydrogen (secondary N) is 3. The number of benzene rings is 1. The molecule has 3 heterocycles. The van der Waals surface area contributed by atoms with E-state index in [0.717, 1.165) is 0 Å². The Hall–Kier alpha value is -3.11. The van der Waals surface area contributed by atoms with Crippen LogP contribution in [0.2, 0.25) is 5.15 Å². The Balaban J connectivity index is 1.48. The van der Waals surface area contributed by atoms with Gasteiger partial charge >= 0.3 is 11.7 Å². The first kappa shape index (κ1) is 17.3. The summed E-state index contributed by atoms with van der Waals surface area (Å²) in [7, 11) is 0. The highest BCUT2D eigenvalue weighted by Gasteiger charge is 2.25. The Morgan fingerprint density at radius 3 is 2.93 bits per heavy atom. The van der Waals surface area contributed by atoms with Gasteiger partial charge in [0.05, 0.1) is 11.0 Å². The second-order valence-corrected chi connectivity index (χ2v) is 6.91. The van der Waals surface area contributed by atoms with E-state index in [4.69, 9.17) is 16.3 Å². The number of anilines is 1. The third-order valence-electron chi connectivity index (χ3n) is 3.85. The molecule has 1 amide bonds. The van der Waals surface area contributed by atoms with Crippen LogP contribution < -0.4 is 11.0 Å². The van der Waals surface area contributed by atoms with Crippen LogP contribution >= 0.6 is 22.9 Å². The number of hydrogen-bond donors (Lipinski definition) is 3. The van der Waals surface area contributed by atoms with Gasteiger partial charge in [0.1, 0.15) is 0 Å². The molecule has 138 valence electrons. The molecule has 1 atom stereocenters. The summed E-state index contributed by atoms with van der Waals surface area (Å²) in [5.74, 6) is -1.28. The van der Waals surface area contributed by atoms with Gasteiger partial charge in [0, 0.05) is 17.3 Å². The number of rotatable bonds is 4. The maximum Gasteiger partial charge on any atom is 0.359 e. The summed E-state index contributed by atoms with van der Waals surface area (Å²) in [6, 6.07) is 4.88. The highest BCUT2D eigenvalue weighted by atomic mass is 35.5. The number of fused-ring (bicyclic) bond motifs is 2. The predicted octanol–water partition coefficient (Wildman–Crippen LogP) is 2.40. The average molecular weight is 406 g/mol. The fourth-order valence-electron chi connectivity index (χ4n) is 2.57. The molecule has 0 bridgehead atoms. The molecule has 11 heteroatoms. The molecule has 27 heavy (non-hydrogen) atoms. The molecule has 3 aromatic heterocycles. The first-order valence-electron chi connectivity index (χ1n) is 7.77. The lowest BCUT2D eigenvalue weighted by molar-refractivity contribution is -0.123. The molecule has 0 aliphatic rings. The number of carbonyl (C=O) groups is 2. The fraction of sp³-hybridized carbons (Fsp3) is 0.125. The van der Waals surface area contributed by atoms with E-state index < -0.39 is 18.0 Å². The predicted molar refractivity (Wildman–Crippen MR) is 101 cm³/mol. The van der Waals surface area contributed by atoms with Crippen molar-refractivity contribution in [3.05, 3.63) is 51.1 Å². The van der Waals surface area contributed by atoms with E-state index in [1.807, 2.05) is 0 Å². The van der Waals surface area contributed by atoms with Gasteiger partial charge in [0.15, 0.2) is 21.9 Å². The Kier molecular flexibility index (Phi) is 4.21. The monoisotopic (exact) mass is 405 g/mol. The number of aromatic amines is 2. The van der Waals surface area contributed by atoms with Crippen molar-refractivity contribution in [1.82, 2.24) is 19.4 Å². The molecular formula is C16H12ClN5O4S. The van der Waals surface area contributed by atoms with Crippen molar-refractivity contribution in [3.8, 4) is 0 Å². The van der Waals surface area contributed by atoms with Crippen molar-refractivity contribution in [2.24, 2.45) is 0 Å². The number of amides is 1. The number of H-pyrrole nitrogens is 2. The van der Waals surface area contributed by atoms with Crippen LogP contribution in [0.1, 0.15) is 17.4 Å². The normalized spacial score (nSPS) is 12.4. The van der Waals surface area contributed by atoms with E-state index in [2.05, 4.69) is 20.3 Å². The minimum atomic E-state index is -1.07. The summed E-state index contributed by atoms with van der Waals surface area (Å²) in [6.45, 7) is 1.45. The summed E-state index contributed by atoms with van der Waals surface area (Å²) in [5.41, 5.74) is 1.35. The number of halogens is 1. The molecule has 3 N–H and O–H groups in total. The van der Waals surface area contributed by atoms with Crippen LogP contribution in [0.25, 0.3) is 16.0 Å². The summed E-state index contributed by atoms with van der Waals surface area (Å²) >= 11 is 7.32. The Labute approximate surface area is 159 Å². The second-order valence-electron chi connectivity index (χ2n) is 5.68. The summed E-state index contributed by atoms with van der Waals surface area (Å²) in [4.78, 5) is 45.8. The number of aromatic nitrogens is 4. The quantitative estimate of drug-likeness (QED) is 0.450. The second kappa shape index (κ2) is 6.56. The molecular weight excluding hydrogens is 394 g/mol. The molecule has 9 nitrogen and oxygen atoms in total. The smallest absolute Gasteiger partial charge is 0.359 e. The van der Waals surface area contributed by atoms with Crippen LogP contribution in [0.15, 0.2) is 34.6 Å². The highest BCUT2D eigenvalue weighted by Crippen LogP contribution is 2.22. The van der Waals surface area contributed by atoms with Crippen molar-refractivity contribution in [1.29, 1.82) is 0 Å². The molecule has 4 rings (SSSR count). The minimum absolute atomic E-state index is 0.0151. The maximum atomic E-state index is 12.4. The number of imidazole rings is 2. The Morgan fingerprint density at radius 1 is 1.33 bits per heavy atom. The van der Waals surface area contributed by atoms with Gasteiger partial charge < -0.3 is 20.0 Å². The number of hydrogen-bond acceptors (Lipinski definition) is 6. The number of thiazole rings is 1. The summed E-state index contributed by atoms with van der Waals surface area (Å²) in [6.07, 6.45) is 0.575. The van der Waals surface area contributed by atoms with Gasteiger partial charge in [-0.1, -0.05) is 11.6 Å².